The van der Waals surface area contributed by atoms with Crippen LogP contribution in [0.15, 0.2) is 85.2 Å². The normalized spacial score (nSPS) is 10.6. The van der Waals surface area contributed by atoms with E-state index in [2.05, 4.69) is 46.5 Å². The lowest BCUT2D eigenvalue weighted by molar-refractivity contribution is -0.115. The summed E-state index contributed by atoms with van der Waals surface area (Å²) in [5.41, 5.74) is 7.52. The third kappa shape index (κ3) is 4.78. The molecule has 0 fully saturated rings. The van der Waals surface area contributed by atoms with Gasteiger partial charge in [0.15, 0.2) is 0 Å². The van der Waals surface area contributed by atoms with Crippen molar-refractivity contribution in [3.8, 4) is 22.3 Å². The number of aromatic nitrogens is 2. The lowest BCUT2D eigenvalue weighted by atomic mass is 10.0. The van der Waals surface area contributed by atoms with E-state index in [9.17, 15) is 4.79 Å². The van der Waals surface area contributed by atoms with Crippen molar-refractivity contribution in [1.82, 2.24) is 9.97 Å². The highest BCUT2D eigenvalue weighted by Gasteiger charge is 2.07. The van der Waals surface area contributed by atoms with E-state index in [0.29, 0.717) is 12.2 Å². The lowest BCUT2D eigenvalue weighted by Crippen LogP contribution is -2.15. The van der Waals surface area contributed by atoms with Gasteiger partial charge in [0, 0.05) is 23.7 Å². The number of carbonyl (C=O) groups is 1. The molecule has 0 unspecified atom stereocenters. The number of pyridine rings is 2. The zero-order chi connectivity index (χ0) is 20.9. The largest absolute Gasteiger partial charge is 0.310 e. The second-order valence-electron chi connectivity index (χ2n) is 7.41. The van der Waals surface area contributed by atoms with Crippen LogP contribution in [0.1, 0.15) is 16.8 Å². The average molecular weight is 393 g/mol. The number of amides is 1. The molecule has 0 spiro atoms. The van der Waals surface area contributed by atoms with Crippen LogP contribution in [0.5, 0.6) is 0 Å². The highest BCUT2D eigenvalue weighted by Crippen LogP contribution is 2.21. The first-order valence-corrected chi connectivity index (χ1v) is 9.92. The number of carbonyl (C=O) groups excluding carboxylic acids is 1. The highest BCUT2D eigenvalue weighted by molar-refractivity contribution is 5.91. The minimum atomic E-state index is -0.0851. The molecule has 0 aliphatic rings. The van der Waals surface area contributed by atoms with E-state index in [1.54, 1.807) is 6.20 Å². The van der Waals surface area contributed by atoms with E-state index in [4.69, 9.17) is 0 Å². The minimum Gasteiger partial charge on any atom is -0.310 e. The van der Waals surface area contributed by atoms with E-state index in [-0.39, 0.29) is 5.91 Å². The molecule has 4 heteroatoms. The smallest absolute Gasteiger partial charge is 0.229 e. The van der Waals surface area contributed by atoms with Crippen molar-refractivity contribution in [2.24, 2.45) is 0 Å². The van der Waals surface area contributed by atoms with E-state index in [1.165, 1.54) is 5.56 Å². The Balaban J connectivity index is 1.38. The number of rotatable bonds is 5. The number of benzene rings is 2. The van der Waals surface area contributed by atoms with Crippen LogP contribution in [-0.2, 0) is 11.2 Å². The van der Waals surface area contributed by atoms with Crippen molar-refractivity contribution in [2.75, 3.05) is 5.32 Å². The Kier molecular flexibility index (Phi) is 5.66. The van der Waals surface area contributed by atoms with Gasteiger partial charge in [-0.2, -0.15) is 0 Å². The van der Waals surface area contributed by atoms with Gasteiger partial charge >= 0.3 is 0 Å². The number of aryl methyl sites for hydroxylation is 2. The molecule has 0 saturated carbocycles. The molecule has 2 aromatic carbocycles. The summed E-state index contributed by atoms with van der Waals surface area (Å²) in [6.45, 7) is 4.04. The first kappa shape index (κ1) is 19.5. The minimum absolute atomic E-state index is 0.0851. The molecule has 0 aliphatic carbocycles. The number of nitrogens with zero attached hydrogens (tertiary/aromatic N) is 2. The molecule has 4 nitrogen and oxygen atoms in total. The van der Waals surface area contributed by atoms with Crippen molar-refractivity contribution in [1.29, 1.82) is 0 Å². The van der Waals surface area contributed by atoms with Gasteiger partial charge in [-0.3, -0.25) is 9.78 Å². The standard InChI is InChI=1S/C26H23N3O/c1-18-3-7-22(8-4-18)24-11-12-25(28-17-24)29-26(30)16-20-5-9-21(10-6-20)23-13-14-27-19(2)15-23/h3-15,17H,16H2,1-2H3,(H,28,29,30). The Morgan fingerprint density at radius 2 is 1.43 bits per heavy atom. The maximum absolute atomic E-state index is 12.4. The summed E-state index contributed by atoms with van der Waals surface area (Å²) < 4.78 is 0. The summed E-state index contributed by atoms with van der Waals surface area (Å²) in [6.07, 6.45) is 3.89. The van der Waals surface area contributed by atoms with Crippen molar-refractivity contribution >= 4 is 11.7 Å². The molecular weight excluding hydrogens is 370 g/mol. The SMILES string of the molecule is Cc1ccc(-c2ccc(NC(=O)Cc3ccc(-c4ccnc(C)c4)cc3)nc2)cc1. The van der Waals surface area contributed by atoms with E-state index in [0.717, 1.165) is 33.5 Å². The quantitative estimate of drug-likeness (QED) is 0.479. The number of hydrogen-bond donors (Lipinski definition) is 1. The van der Waals surface area contributed by atoms with Crippen LogP contribution < -0.4 is 5.32 Å². The molecule has 30 heavy (non-hydrogen) atoms. The van der Waals surface area contributed by atoms with Crippen molar-refractivity contribution in [3.63, 3.8) is 0 Å². The van der Waals surface area contributed by atoms with Crippen molar-refractivity contribution < 1.29 is 4.79 Å². The summed E-state index contributed by atoms with van der Waals surface area (Å²) in [6, 6.07) is 24.2. The Labute approximate surface area is 176 Å². The Morgan fingerprint density at radius 3 is 2.10 bits per heavy atom. The average Bonchev–Trinajstić information content (AvgIpc) is 2.75. The summed E-state index contributed by atoms with van der Waals surface area (Å²) in [4.78, 5) is 21.0. The fraction of sp³-hybridized carbons (Fsp3) is 0.115. The summed E-state index contributed by atoms with van der Waals surface area (Å²) >= 11 is 0. The molecule has 0 aliphatic heterocycles. The summed E-state index contributed by atoms with van der Waals surface area (Å²) in [5.74, 6) is 0.470. The topological polar surface area (TPSA) is 54.9 Å². The van der Waals surface area contributed by atoms with Gasteiger partial charge in [-0.25, -0.2) is 4.98 Å². The number of hydrogen-bond acceptors (Lipinski definition) is 3. The Hall–Kier alpha value is -3.79. The first-order chi connectivity index (χ1) is 14.6. The van der Waals surface area contributed by atoms with Crippen molar-refractivity contribution in [2.45, 2.75) is 20.3 Å². The Morgan fingerprint density at radius 1 is 0.767 bits per heavy atom. The fourth-order valence-corrected chi connectivity index (χ4v) is 3.30. The molecule has 0 saturated heterocycles. The van der Waals surface area contributed by atoms with Crippen molar-refractivity contribution in [3.05, 3.63) is 102 Å². The second kappa shape index (κ2) is 8.70. The van der Waals surface area contributed by atoms with Gasteiger partial charge in [-0.05, 0) is 60.4 Å². The molecule has 4 aromatic rings. The van der Waals surface area contributed by atoms with Crippen LogP contribution in [0, 0.1) is 13.8 Å². The van der Waals surface area contributed by atoms with Gasteiger partial charge in [0.2, 0.25) is 5.91 Å². The zero-order valence-electron chi connectivity index (χ0n) is 17.1. The predicted molar refractivity (Wildman–Crippen MR) is 121 cm³/mol. The molecule has 1 N–H and O–H groups in total. The zero-order valence-corrected chi connectivity index (χ0v) is 17.1. The van der Waals surface area contributed by atoms with Crippen LogP contribution in [-0.4, -0.2) is 15.9 Å². The summed E-state index contributed by atoms with van der Waals surface area (Å²) in [7, 11) is 0. The Bertz CT molecular complexity index is 1150. The maximum Gasteiger partial charge on any atom is 0.229 e. The third-order valence-corrected chi connectivity index (χ3v) is 4.96. The first-order valence-electron chi connectivity index (χ1n) is 9.92. The van der Waals surface area contributed by atoms with Crippen LogP contribution in [0.2, 0.25) is 0 Å². The van der Waals surface area contributed by atoms with Crippen LogP contribution >= 0.6 is 0 Å². The molecule has 2 heterocycles. The number of anilines is 1. The van der Waals surface area contributed by atoms with Crippen LogP contribution in [0.4, 0.5) is 5.82 Å². The fourth-order valence-electron chi connectivity index (χ4n) is 3.30. The van der Waals surface area contributed by atoms with Gasteiger partial charge in [-0.1, -0.05) is 54.1 Å². The molecule has 0 bridgehead atoms. The molecule has 148 valence electrons. The van der Waals surface area contributed by atoms with Gasteiger partial charge in [0.05, 0.1) is 6.42 Å². The predicted octanol–water partition coefficient (Wildman–Crippen LogP) is 5.61. The van der Waals surface area contributed by atoms with Gasteiger partial charge in [0.25, 0.3) is 0 Å². The molecule has 0 atom stereocenters. The van der Waals surface area contributed by atoms with Crippen LogP contribution in [0.25, 0.3) is 22.3 Å². The second-order valence-corrected chi connectivity index (χ2v) is 7.41. The molecular formula is C26H23N3O. The van der Waals surface area contributed by atoms with Gasteiger partial charge < -0.3 is 5.32 Å². The van der Waals surface area contributed by atoms with E-state index < -0.39 is 0 Å². The lowest BCUT2D eigenvalue weighted by Gasteiger charge is -2.07. The molecule has 1 amide bonds. The monoisotopic (exact) mass is 393 g/mol. The molecule has 2 aromatic heterocycles. The molecule has 4 rings (SSSR count). The van der Waals surface area contributed by atoms with E-state index in [1.807, 2.05) is 61.7 Å². The molecule has 0 radical (unpaired) electrons. The van der Waals surface area contributed by atoms with Gasteiger partial charge in [0.1, 0.15) is 5.82 Å². The van der Waals surface area contributed by atoms with Crippen LogP contribution in [0.3, 0.4) is 0 Å². The summed E-state index contributed by atoms with van der Waals surface area (Å²) in [5, 5.41) is 2.87. The third-order valence-electron chi connectivity index (χ3n) is 4.96. The number of nitrogens with one attached hydrogen (secondary N) is 1. The van der Waals surface area contributed by atoms with E-state index >= 15 is 0 Å². The maximum atomic E-state index is 12.4. The van der Waals surface area contributed by atoms with Gasteiger partial charge in [-0.15, -0.1) is 0 Å². The highest BCUT2D eigenvalue weighted by atomic mass is 16.1.